The van der Waals surface area contributed by atoms with Crippen LogP contribution in [-0.4, -0.2) is 21.5 Å². The van der Waals surface area contributed by atoms with Gasteiger partial charge in [-0.2, -0.15) is 0 Å². The van der Waals surface area contributed by atoms with Gasteiger partial charge in [0.1, 0.15) is 5.58 Å². The number of benzene rings is 1. The first kappa shape index (κ1) is 10.9. The Morgan fingerprint density at radius 2 is 2.12 bits per heavy atom. The Balaban J connectivity index is 2.69. The molecule has 4 nitrogen and oxygen atoms in total. The van der Waals surface area contributed by atoms with Gasteiger partial charge in [-0.15, -0.1) is 0 Å². The average molecular weight is 238 g/mol. The van der Waals surface area contributed by atoms with Gasteiger partial charge in [-0.25, -0.2) is 4.79 Å². The zero-order chi connectivity index (χ0) is 11.7. The Labute approximate surface area is 94.3 Å². The van der Waals surface area contributed by atoms with Gasteiger partial charge in [-0.3, -0.25) is 4.21 Å². The molecule has 16 heavy (non-hydrogen) atoms. The van der Waals surface area contributed by atoms with E-state index < -0.39 is 16.8 Å². The zero-order valence-electron chi connectivity index (χ0n) is 8.60. The van der Waals surface area contributed by atoms with Crippen molar-refractivity contribution in [3.63, 3.8) is 0 Å². The van der Waals surface area contributed by atoms with Crippen molar-refractivity contribution in [1.82, 2.24) is 0 Å². The smallest absolute Gasteiger partial charge is 0.372 e. The summed E-state index contributed by atoms with van der Waals surface area (Å²) in [6, 6.07) is 7.03. The minimum atomic E-state index is -1.13. The average Bonchev–Trinajstić information content (AvgIpc) is 2.57. The van der Waals surface area contributed by atoms with Gasteiger partial charge in [0, 0.05) is 28.0 Å². The highest BCUT2D eigenvalue weighted by Gasteiger charge is 2.20. The molecule has 1 aromatic carbocycles. The molecule has 5 heteroatoms. The summed E-state index contributed by atoms with van der Waals surface area (Å²) in [5.74, 6) is -1.05. The van der Waals surface area contributed by atoms with Crippen molar-refractivity contribution in [3.05, 3.63) is 35.6 Å². The Morgan fingerprint density at radius 3 is 2.75 bits per heavy atom. The van der Waals surface area contributed by atoms with E-state index in [0.717, 1.165) is 5.39 Å². The van der Waals surface area contributed by atoms with Crippen LogP contribution in [0.1, 0.15) is 16.1 Å². The maximum Gasteiger partial charge on any atom is 0.372 e. The van der Waals surface area contributed by atoms with Gasteiger partial charge in [-0.05, 0) is 6.07 Å². The van der Waals surface area contributed by atoms with Crippen LogP contribution in [0.2, 0.25) is 0 Å². The first-order valence-electron chi connectivity index (χ1n) is 4.63. The highest BCUT2D eigenvalue weighted by Crippen LogP contribution is 2.26. The van der Waals surface area contributed by atoms with Gasteiger partial charge in [0.15, 0.2) is 0 Å². The summed E-state index contributed by atoms with van der Waals surface area (Å²) >= 11 is 0. The molecule has 0 radical (unpaired) electrons. The Morgan fingerprint density at radius 1 is 1.44 bits per heavy atom. The first-order valence-corrected chi connectivity index (χ1v) is 6.36. The van der Waals surface area contributed by atoms with Crippen LogP contribution in [0, 0.1) is 0 Å². The number of carboxylic acid groups (broad SMARTS) is 1. The van der Waals surface area contributed by atoms with E-state index >= 15 is 0 Å². The molecule has 0 aliphatic rings. The van der Waals surface area contributed by atoms with Crippen LogP contribution < -0.4 is 0 Å². The van der Waals surface area contributed by atoms with Gasteiger partial charge in [0.25, 0.3) is 0 Å². The number of furan rings is 1. The van der Waals surface area contributed by atoms with Crippen molar-refractivity contribution in [2.75, 3.05) is 6.26 Å². The van der Waals surface area contributed by atoms with Crippen LogP contribution in [0.3, 0.4) is 0 Å². The third kappa shape index (κ3) is 1.86. The second-order valence-electron chi connectivity index (χ2n) is 3.43. The summed E-state index contributed by atoms with van der Waals surface area (Å²) < 4.78 is 16.4. The zero-order valence-corrected chi connectivity index (χ0v) is 9.41. The van der Waals surface area contributed by atoms with Crippen molar-refractivity contribution in [3.8, 4) is 0 Å². The summed E-state index contributed by atoms with van der Waals surface area (Å²) in [5.41, 5.74) is 1.02. The van der Waals surface area contributed by atoms with Crippen molar-refractivity contribution >= 4 is 27.7 Å². The third-order valence-corrected chi connectivity index (χ3v) is 2.94. The fourth-order valence-electron chi connectivity index (χ4n) is 1.62. The van der Waals surface area contributed by atoms with Gasteiger partial charge < -0.3 is 9.52 Å². The van der Waals surface area contributed by atoms with E-state index in [1.807, 2.05) is 0 Å². The van der Waals surface area contributed by atoms with Crippen molar-refractivity contribution in [2.45, 2.75) is 5.75 Å². The lowest BCUT2D eigenvalue weighted by molar-refractivity contribution is 0.0664. The summed E-state index contributed by atoms with van der Waals surface area (Å²) in [5, 5.41) is 9.70. The highest BCUT2D eigenvalue weighted by atomic mass is 32.2. The monoisotopic (exact) mass is 238 g/mol. The predicted octanol–water partition coefficient (Wildman–Crippen LogP) is 2.01. The normalized spacial score (nSPS) is 12.8. The molecule has 2 aromatic rings. The van der Waals surface area contributed by atoms with Crippen LogP contribution >= 0.6 is 0 Å². The number of carboxylic acids is 1. The quantitative estimate of drug-likeness (QED) is 0.888. The SMILES string of the molecule is CS(=O)Cc1c(C(=O)O)oc2ccccc12. The second kappa shape index (κ2) is 4.09. The number of para-hydroxylation sites is 1. The van der Waals surface area contributed by atoms with Gasteiger partial charge >= 0.3 is 5.97 Å². The largest absolute Gasteiger partial charge is 0.475 e. The molecule has 1 N–H and O–H groups in total. The molecule has 1 heterocycles. The molecule has 2 rings (SSSR count). The molecule has 0 saturated carbocycles. The number of aromatic carboxylic acids is 1. The molecule has 0 amide bonds. The lowest BCUT2D eigenvalue weighted by Crippen LogP contribution is -2.01. The van der Waals surface area contributed by atoms with Gasteiger partial charge in [0.2, 0.25) is 5.76 Å². The van der Waals surface area contributed by atoms with Crippen molar-refractivity contribution in [2.24, 2.45) is 0 Å². The topological polar surface area (TPSA) is 67.5 Å². The maximum atomic E-state index is 11.2. The molecule has 0 aliphatic carbocycles. The molecule has 0 saturated heterocycles. The molecular weight excluding hydrogens is 228 g/mol. The number of hydrogen-bond donors (Lipinski definition) is 1. The number of rotatable bonds is 3. The van der Waals surface area contributed by atoms with E-state index in [1.54, 1.807) is 24.3 Å². The molecule has 84 valence electrons. The fourth-order valence-corrected chi connectivity index (χ4v) is 2.31. The minimum Gasteiger partial charge on any atom is -0.475 e. The van der Waals surface area contributed by atoms with E-state index in [1.165, 1.54) is 6.26 Å². The van der Waals surface area contributed by atoms with Gasteiger partial charge in [-0.1, -0.05) is 18.2 Å². The highest BCUT2D eigenvalue weighted by molar-refractivity contribution is 7.83. The molecule has 1 aromatic heterocycles. The molecule has 1 unspecified atom stereocenters. The van der Waals surface area contributed by atoms with E-state index in [9.17, 15) is 9.00 Å². The third-order valence-electron chi connectivity index (χ3n) is 2.24. The van der Waals surface area contributed by atoms with Crippen LogP contribution in [0.25, 0.3) is 11.0 Å². The lowest BCUT2D eigenvalue weighted by atomic mass is 10.1. The Kier molecular flexibility index (Phi) is 2.78. The summed E-state index contributed by atoms with van der Waals surface area (Å²) in [7, 11) is -1.10. The van der Waals surface area contributed by atoms with Crippen LogP contribution in [0.4, 0.5) is 0 Å². The first-order chi connectivity index (χ1) is 7.59. The van der Waals surface area contributed by atoms with Crippen molar-refractivity contribution < 1.29 is 18.5 Å². The molecular formula is C11H10O4S. The van der Waals surface area contributed by atoms with E-state index in [-0.39, 0.29) is 11.5 Å². The number of carbonyl (C=O) groups is 1. The van der Waals surface area contributed by atoms with E-state index in [4.69, 9.17) is 9.52 Å². The summed E-state index contributed by atoms with van der Waals surface area (Å²) in [6.45, 7) is 0. The minimum absolute atomic E-state index is 0.114. The number of hydrogen-bond acceptors (Lipinski definition) is 3. The summed E-state index contributed by atoms with van der Waals surface area (Å²) in [6.07, 6.45) is 1.54. The standard InChI is InChI=1S/C11H10O4S/c1-16(14)6-8-7-4-2-3-5-9(7)15-10(8)11(12)13/h2-5H,6H2,1H3,(H,12,13). The summed E-state index contributed by atoms with van der Waals surface area (Å²) in [4.78, 5) is 11.0. The predicted molar refractivity (Wildman–Crippen MR) is 60.9 cm³/mol. The lowest BCUT2D eigenvalue weighted by Gasteiger charge is -1.96. The van der Waals surface area contributed by atoms with Crippen LogP contribution in [0.5, 0.6) is 0 Å². The van der Waals surface area contributed by atoms with E-state index in [2.05, 4.69) is 0 Å². The van der Waals surface area contributed by atoms with Crippen molar-refractivity contribution in [1.29, 1.82) is 0 Å². The Hall–Kier alpha value is -1.62. The maximum absolute atomic E-state index is 11.2. The number of fused-ring (bicyclic) bond motifs is 1. The fraction of sp³-hybridized carbons (Fsp3) is 0.182. The molecule has 0 spiro atoms. The van der Waals surface area contributed by atoms with Gasteiger partial charge in [0.05, 0.1) is 5.75 Å². The van der Waals surface area contributed by atoms with Crippen LogP contribution in [0.15, 0.2) is 28.7 Å². The van der Waals surface area contributed by atoms with Crippen LogP contribution in [-0.2, 0) is 16.6 Å². The molecule has 0 aliphatic heterocycles. The Bertz CT molecular complexity index is 570. The molecule has 0 fully saturated rings. The second-order valence-corrected chi connectivity index (χ2v) is 4.86. The molecule has 1 atom stereocenters. The molecule has 0 bridgehead atoms. The van der Waals surface area contributed by atoms with E-state index in [0.29, 0.717) is 11.1 Å².